The van der Waals surface area contributed by atoms with Gasteiger partial charge in [0.15, 0.2) is 0 Å². The van der Waals surface area contributed by atoms with Crippen molar-refractivity contribution in [1.82, 2.24) is 4.90 Å². The summed E-state index contributed by atoms with van der Waals surface area (Å²) in [4.78, 5) is 14.6. The van der Waals surface area contributed by atoms with Gasteiger partial charge in [-0.1, -0.05) is 30.3 Å². The Balaban J connectivity index is 1.69. The van der Waals surface area contributed by atoms with Crippen LogP contribution in [-0.4, -0.2) is 34.1 Å². The quantitative estimate of drug-likeness (QED) is 0.919. The van der Waals surface area contributed by atoms with Crippen LogP contribution in [0.25, 0.3) is 0 Å². The Labute approximate surface area is 120 Å². The minimum Gasteiger partial charge on any atom is -0.388 e. The van der Waals surface area contributed by atoms with E-state index >= 15 is 0 Å². The highest BCUT2D eigenvalue weighted by molar-refractivity contribution is 5.83. The highest BCUT2D eigenvalue weighted by Crippen LogP contribution is 2.49. The van der Waals surface area contributed by atoms with Crippen molar-refractivity contribution in [2.24, 2.45) is 5.92 Å². The molecule has 1 saturated heterocycles. The van der Waals surface area contributed by atoms with Gasteiger partial charge in [-0.05, 0) is 44.6 Å². The van der Waals surface area contributed by atoms with Crippen molar-refractivity contribution in [3.8, 4) is 0 Å². The van der Waals surface area contributed by atoms with Gasteiger partial charge in [0.05, 0.1) is 11.6 Å². The van der Waals surface area contributed by atoms with Crippen LogP contribution >= 0.6 is 0 Å². The van der Waals surface area contributed by atoms with Crippen LogP contribution in [0, 0.1) is 5.92 Å². The van der Waals surface area contributed by atoms with E-state index in [4.69, 9.17) is 0 Å². The molecule has 3 atom stereocenters. The molecule has 3 nitrogen and oxygen atoms in total. The summed E-state index contributed by atoms with van der Waals surface area (Å²) in [5.74, 6) is 0.746. The molecule has 0 radical (unpaired) electrons. The van der Waals surface area contributed by atoms with Crippen LogP contribution in [0.2, 0.25) is 0 Å². The van der Waals surface area contributed by atoms with Gasteiger partial charge < -0.3 is 10.0 Å². The molecule has 3 rings (SSSR count). The average molecular weight is 273 g/mol. The molecule has 3 unspecified atom stereocenters. The van der Waals surface area contributed by atoms with E-state index in [0.717, 1.165) is 25.8 Å². The number of nitrogens with zero attached hydrogens (tertiary/aromatic N) is 1. The van der Waals surface area contributed by atoms with Crippen LogP contribution in [0.4, 0.5) is 0 Å². The largest absolute Gasteiger partial charge is 0.388 e. The van der Waals surface area contributed by atoms with Crippen molar-refractivity contribution < 1.29 is 9.90 Å². The molecule has 108 valence electrons. The lowest BCUT2D eigenvalue weighted by molar-refractivity contribution is -0.138. The zero-order valence-corrected chi connectivity index (χ0v) is 12.2. The van der Waals surface area contributed by atoms with E-state index in [1.165, 1.54) is 5.56 Å². The molecule has 2 fully saturated rings. The molecule has 2 aliphatic rings. The predicted octanol–water partition coefficient (Wildman–Crippen LogP) is 2.55. The molecule has 1 aliphatic heterocycles. The maximum absolute atomic E-state index is 12.7. The van der Waals surface area contributed by atoms with Crippen molar-refractivity contribution in [3.63, 3.8) is 0 Å². The molecule has 3 heteroatoms. The van der Waals surface area contributed by atoms with Gasteiger partial charge in [-0.2, -0.15) is 0 Å². The molecular weight excluding hydrogens is 250 g/mol. The van der Waals surface area contributed by atoms with Gasteiger partial charge in [-0.25, -0.2) is 0 Å². The third-order valence-electron chi connectivity index (χ3n) is 4.69. The molecular formula is C17H23NO2. The monoisotopic (exact) mass is 273 g/mol. The molecule has 0 spiro atoms. The summed E-state index contributed by atoms with van der Waals surface area (Å²) in [6.45, 7) is 4.42. The normalized spacial score (nSPS) is 29.6. The second-order valence-electron chi connectivity index (χ2n) is 6.70. The van der Waals surface area contributed by atoms with Crippen LogP contribution in [-0.2, 0) is 4.79 Å². The highest BCUT2D eigenvalue weighted by atomic mass is 16.3. The molecule has 1 N–H and O–H groups in total. The molecule has 1 saturated carbocycles. The van der Waals surface area contributed by atoms with Crippen LogP contribution in [0.1, 0.15) is 44.6 Å². The molecule has 1 heterocycles. The molecule has 0 aromatic heterocycles. The van der Waals surface area contributed by atoms with Crippen molar-refractivity contribution in [1.29, 1.82) is 0 Å². The summed E-state index contributed by atoms with van der Waals surface area (Å²) in [5.41, 5.74) is 0.466. The van der Waals surface area contributed by atoms with Crippen LogP contribution in [0.3, 0.4) is 0 Å². The lowest BCUT2D eigenvalue weighted by Gasteiger charge is -2.34. The van der Waals surface area contributed by atoms with Crippen molar-refractivity contribution in [2.75, 3.05) is 6.54 Å². The Morgan fingerprint density at radius 2 is 2.00 bits per heavy atom. The number of likely N-dealkylation sites (tertiary alicyclic amines) is 1. The van der Waals surface area contributed by atoms with Crippen LogP contribution in [0.5, 0.6) is 0 Å². The van der Waals surface area contributed by atoms with Crippen molar-refractivity contribution >= 4 is 5.91 Å². The lowest BCUT2D eigenvalue weighted by atomic mass is 9.96. The minimum atomic E-state index is -0.802. The summed E-state index contributed by atoms with van der Waals surface area (Å²) >= 11 is 0. The number of aliphatic hydroxyl groups is 1. The molecule has 0 bridgehead atoms. The Hall–Kier alpha value is -1.35. The first-order chi connectivity index (χ1) is 9.48. The molecule has 1 aromatic carbocycles. The first-order valence-corrected chi connectivity index (χ1v) is 7.56. The number of amides is 1. The summed E-state index contributed by atoms with van der Waals surface area (Å²) in [6.07, 6.45) is 2.87. The fraction of sp³-hybridized carbons (Fsp3) is 0.588. The third-order valence-corrected chi connectivity index (χ3v) is 4.69. The number of rotatable bonds is 3. The summed E-state index contributed by atoms with van der Waals surface area (Å²) in [6, 6.07) is 10.3. The zero-order valence-electron chi connectivity index (χ0n) is 12.2. The van der Waals surface area contributed by atoms with Crippen LogP contribution < -0.4 is 0 Å². The Morgan fingerprint density at radius 1 is 1.30 bits per heavy atom. The van der Waals surface area contributed by atoms with Gasteiger partial charge in [0.2, 0.25) is 5.91 Å². The molecule has 1 aliphatic carbocycles. The second kappa shape index (κ2) is 4.88. The Morgan fingerprint density at radius 3 is 2.65 bits per heavy atom. The van der Waals surface area contributed by atoms with Crippen molar-refractivity contribution in [3.05, 3.63) is 35.9 Å². The second-order valence-corrected chi connectivity index (χ2v) is 6.70. The van der Waals surface area contributed by atoms with E-state index in [9.17, 15) is 9.90 Å². The van der Waals surface area contributed by atoms with Crippen molar-refractivity contribution in [2.45, 2.75) is 50.7 Å². The number of carbonyl (C=O) groups is 1. The van der Waals surface area contributed by atoms with Gasteiger partial charge in [0, 0.05) is 12.5 Å². The van der Waals surface area contributed by atoms with Crippen LogP contribution in [0.15, 0.2) is 30.3 Å². The smallest absolute Gasteiger partial charge is 0.226 e. The SMILES string of the molecule is CC(C)(O)C1CCCN1C(=O)C1CC1c1ccccc1. The number of hydrogen-bond acceptors (Lipinski definition) is 2. The first-order valence-electron chi connectivity index (χ1n) is 7.56. The number of hydrogen-bond donors (Lipinski definition) is 1. The number of benzene rings is 1. The first kappa shape index (κ1) is 13.6. The third kappa shape index (κ3) is 2.47. The summed E-state index contributed by atoms with van der Waals surface area (Å²) < 4.78 is 0. The van der Waals surface area contributed by atoms with E-state index in [0.29, 0.717) is 5.92 Å². The van der Waals surface area contributed by atoms with E-state index in [1.54, 1.807) is 0 Å². The maximum Gasteiger partial charge on any atom is 0.226 e. The lowest BCUT2D eigenvalue weighted by Crippen LogP contribution is -2.48. The summed E-state index contributed by atoms with van der Waals surface area (Å²) in [5, 5.41) is 10.2. The maximum atomic E-state index is 12.7. The topological polar surface area (TPSA) is 40.5 Å². The Bertz CT molecular complexity index is 491. The Kier molecular flexibility index (Phi) is 3.33. The van der Waals surface area contributed by atoms with E-state index in [-0.39, 0.29) is 17.9 Å². The predicted molar refractivity (Wildman–Crippen MR) is 78.3 cm³/mol. The zero-order chi connectivity index (χ0) is 14.3. The van der Waals surface area contributed by atoms with Gasteiger partial charge in [0.1, 0.15) is 0 Å². The van der Waals surface area contributed by atoms with Gasteiger partial charge in [0.25, 0.3) is 0 Å². The fourth-order valence-corrected chi connectivity index (χ4v) is 3.51. The minimum absolute atomic E-state index is 0.0213. The molecule has 20 heavy (non-hydrogen) atoms. The fourth-order valence-electron chi connectivity index (χ4n) is 3.51. The van der Waals surface area contributed by atoms with E-state index in [1.807, 2.05) is 36.9 Å². The molecule has 1 amide bonds. The van der Waals surface area contributed by atoms with Gasteiger partial charge in [-0.15, -0.1) is 0 Å². The standard InChI is InChI=1S/C17H23NO2/c1-17(2,20)15-9-6-10-18(15)16(19)14-11-13(14)12-7-4-3-5-8-12/h3-5,7-8,13-15,20H,6,9-11H2,1-2H3. The average Bonchev–Trinajstić information content (AvgIpc) is 3.05. The number of carbonyl (C=O) groups excluding carboxylic acids is 1. The van der Waals surface area contributed by atoms with E-state index in [2.05, 4.69) is 12.1 Å². The van der Waals surface area contributed by atoms with Gasteiger partial charge in [-0.3, -0.25) is 4.79 Å². The van der Waals surface area contributed by atoms with E-state index < -0.39 is 5.60 Å². The molecule has 1 aromatic rings. The highest BCUT2D eigenvalue weighted by Gasteiger charge is 2.49. The summed E-state index contributed by atoms with van der Waals surface area (Å²) in [7, 11) is 0. The van der Waals surface area contributed by atoms with Gasteiger partial charge >= 0.3 is 0 Å².